The van der Waals surface area contributed by atoms with E-state index in [0.717, 1.165) is 64.5 Å². The molecule has 6 aliphatic rings. The second-order valence-electron chi connectivity index (χ2n) is 11.1. The van der Waals surface area contributed by atoms with Crippen molar-refractivity contribution in [3.8, 4) is 0 Å². The van der Waals surface area contributed by atoms with Gasteiger partial charge in [0.05, 0.1) is 0 Å². The molecule has 6 fully saturated rings. The molecule has 0 aromatic carbocycles. The molecule has 4 bridgehead atoms. The van der Waals surface area contributed by atoms with Crippen LogP contribution in [0.3, 0.4) is 0 Å². The van der Waals surface area contributed by atoms with Crippen LogP contribution in [0.1, 0.15) is 83.5 Å². The number of primary amides is 1. The van der Waals surface area contributed by atoms with Gasteiger partial charge in [-0.1, -0.05) is 0 Å². The van der Waals surface area contributed by atoms with Crippen LogP contribution in [0.25, 0.3) is 0 Å². The van der Waals surface area contributed by atoms with Crippen LogP contribution in [-0.2, 0) is 14.4 Å². The highest BCUT2D eigenvalue weighted by atomic mass is 16.2. The van der Waals surface area contributed by atoms with E-state index in [-0.39, 0.29) is 22.6 Å². The highest BCUT2D eigenvalue weighted by Gasteiger charge is 2.59. The molecular weight excluding hydrogens is 364 g/mol. The molecule has 5 heteroatoms. The van der Waals surface area contributed by atoms with Crippen LogP contribution in [0.2, 0.25) is 0 Å². The minimum atomic E-state index is -0.270. The van der Waals surface area contributed by atoms with Crippen LogP contribution < -0.4 is 5.73 Å². The zero-order valence-corrected chi connectivity index (χ0v) is 17.7. The molecule has 160 valence electrons. The van der Waals surface area contributed by atoms with Gasteiger partial charge in [-0.2, -0.15) is 0 Å². The molecule has 6 rings (SSSR count). The number of amides is 2. The molecule has 0 radical (unpaired) electrons. The van der Waals surface area contributed by atoms with Crippen molar-refractivity contribution in [3.63, 3.8) is 0 Å². The van der Waals surface area contributed by atoms with Crippen LogP contribution in [0.4, 0.5) is 0 Å². The maximum absolute atomic E-state index is 13.3. The van der Waals surface area contributed by atoms with Gasteiger partial charge in [-0.05, 0) is 94.3 Å². The molecule has 2 atom stereocenters. The smallest absolute Gasteiger partial charge is 0.223 e. The normalized spacial score (nSPS) is 39.4. The number of rotatable bonds is 7. The summed E-state index contributed by atoms with van der Waals surface area (Å²) in [5, 5.41) is 0. The lowest BCUT2D eigenvalue weighted by Gasteiger charge is -2.59. The Morgan fingerprint density at radius 2 is 1.59 bits per heavy atom. The Morgan fingerprint density at radius 1 is 0.931 bits per heavy atom. The van der Waals surface area contributed by atoms with E-state index in [9.17, 15) is 14.4 Å². The van der Waals surface area contributed by atoms with Crippen LogP contribution in [-0.4, -0.2) is 35.6 Å². The Morgan fingerprint density at radius 3 is 2.17 bits per heavy atom. The third-order valence-electron chi connectivity index (χ3n) is 9.38. The Balaban J connectivity index is 1.19. The average Bonchev–Trinajstić information content (AvgIpc) is 3.50. The lowest BCUT2D eigenvalue weighted by molar-refractivity contribution is -0.152. The molecule has 2 amide bonds. The molecule has 5 aliphatic carbocycles. The Bertz CT molecular complexity index is 691. The fourth-order valence-corrected chi connectivity index (χ4v) is 7.66. The van der Waals surface area contributed by atoms with Crippen molar-refractivity contribution in [1.82, 2.24) is 4.90 Å². The predicted octanol–water partition coefficient (Wildman–Crippen LogP) is 3.45. The average molecular weight is 401 g/mol. The van der Waals surface area contributed by atoms with Gasteiger partial charge in [0.1, 0.15) is 5.78 Å². The van der Waals surface area contributed by atoms with E-state index in [2.05, 4.69) is 0 Å². The monoisotopic (exact) mass is 400 g/mol. The molecule has 0 spiro atoms. The highest BCUT2D eigenvalue weighted by Crippen LogP contribution is 2.63. The third-order valence-corrected chi connectivity index (χ3v) is 9.38. The van der Waals surface area contributed by atoms with Crippen LogP contribution in [0.15, 0.2) is 0 Å². The van der Waals surface area contributed by atoms with Gasteiger partial charge in [0.25, 0.3) is 0 Å². The van der Waals surface area contributed by atoms with Crippen molar-refractivity contribution in [2.75, 3.05) is 13.1 Å². The minimum Gasteiger partial charge on any atom is -0.369 e. The summed E-state index contributed by atoms with van der Waals surface area (Å²) >= 11 is 0. The number of carbonyl (C=O) groups excluding carboxylic acids is 3. The first-order valence-corrected chi connectivity index (χ1v) is 12.0. The standard InChI is InChI=1S/C24H36N2O3/c25-22(29)24-13-16-10-17(14-24)19(18(11-16)15-24)12-20(27)23(6-7-23)5-4-21(28)26-8-2-1-3-9-26/h16-19H,1-15H2,(H2,25,29). The van der Waals surface area contributed by atoms with Gasteiger partial charge in [-0.15, -0.1) is 0 Å². The van der Waals surface area contributed by atoms with E-state index in [1.807, 2.05) is 4.90 Å². The van der Waals surface area contributed by atoms with Crippen molar-refractivity contribution in [1.29, 1.82) is 0 Å². The SMILES string of the molecule is NC(=O)C12CC3CC(C1)C(CC(=O)C1(CCC(=O)N4CCCCC4)CC1)C(C3)C2. The van der Waals surface area contributed by atoms with Gasteiger partial charge in [0.2, 0.25) is 11.8 Å². The van der Waals surface area contributed by atoms with E-state index >= 15 is 0 Å². The number of nitrogens with two attached hydrogens (primary N) is 1. The minimum absolute atomic E-state index is 0.100. The molecule has 5 saturated carbocycles. The molecule has 2 unspecified atom stereocenters. The topological polar surface area (TPSA) is 80.5 Å². The van der Waals surface area contributed by atoms with Crippen molar-refractivity contribution >= 4 is 17.6 Å². The first kappa shape index (κ1) is 19.6. The molecule has 5 nitrogen and oxygen atoms in total. The molecule has 2 N–H and O–H groups in total. The fraction of sp³-hybridized carbons (Fsp3) is 0.875. The zero-order valence-electron chi connectivity index (χ0n) is 17.7. The Kier molecular flexibility index (Phi) is 4.78. The van der Waals surface area contributed by atoms with Crippen molar-refractivity contribution < 1.29 is 14.4 Å². The molecule has 29 heavy (non-hydrogen) atoms. The molecule has 0 aromatic heterocycles. The van der Waals surface area contributed by atoms with Gasteiger partial charge < -0.3 is 10.6 Å². The van der Waals surface area contributed by atoms with E-state index in [1.165, 1.54) is 19.3 Å². The van der Waals surface area contributed by atoms with Crippen LogP contribution in [0, 0.1) is 34.5 Å². The number of Topliss-reactive ketones (excluding diaryl/α,β-unsaturated/α-hetero) is 1. The van der Waals surface area contributed by atoms with Gasteiger partial charge >= 0.3 is 0 Å². The second-order valence-corrected chi connectivity index (χ2v) is 11.1. The van der Waals surface area contributed by atoms with Gasteiger partial charge in [0.15, 0.2) is 0 Å². The fourth-order valence-electron chi connectivity index (χ4n) is 7.66. The van der Waals surface area contributed by atoms with Crippen molar-refractivity contribution in [3.05, 3.63) is 0 Å². The number of likely N-dealkylation sites (tertiary alicyclic amines) is 1. The predicted molar refractivity (Wildman–Crippen MR) is 110 cm³/mol. The maximum atomic E-state index is 13.3. The number of nitrogens with zero attached hydrogens (tertiary/aromatic N) is 1. The molecular formula is C24H36N2O3. The first-order valence-electron chi connectivity index (χ1n) is 12.0. The van der Waals surface area contributed by atoms with E-state index in [4.69, 9.17) is 5.73 Å². The summed E-state index contributed by atoms with van der Waals surface area (Å²) in [5.41, 5.74) is 5.33. The summed E-state index contributed by atoms with van der Waals surface area (Å²) in [5.74, 6) is 2.66. The molecule has 1 heterocycles. The van der Waals surface area contributed by atoms with E-state index < -0.39 is 0 Å². The van der Waals surface area contributed by atoms with Crippen LogP contribution >= 0.6 is 0 Å². The number of hydrogen-bond acceptors (Lipinski definition) is 3. The lowest BCUT2D eigenvalue weighted by atomic mass is 9.45. The van der Waals surface area contributed by atoms with Crippen molar-refractivity contribution in [2.24, 2.45) is 40.2 Å². The van der Waals surface area contributed by atoms with Gasteiger partial charge in [-0.25, -0.2) is 0 Å². The summed E-state index contributed by atoms with van der Waals surface area (Å²) in [6.07, 6.45) is 12.5. The summed E-state index contributed by atoms with van der Waals surface area (Å²) in [7, 11) is 0. The summed E-state index contributed by atoms with van der Waals surface area (Å²) in [6.45, 7) is 1.79. The number of hydrogen-bond donors (Lipinski definition) is 1. The molecule has 0 aromatic rings. The van der Waals surface area contributed by atoms with Crippen molar-refractivity contribution in [2.45, 2.75) is 83.5 Å². The van der Waals surface area contributed by atoms with E-state index in [0.29, 0.717) is 42.3 Å². The van der Waals surface area contributed by atoms with Gasteiger partial charge in [0, 0.05) is 36.8 Å². The highest BCUT2D eigenvalue weighted by molar-refractivity contribution is 5.88. The summed E-state index contributed by atoms with van der Waals surface area (Å²) in [4.78, 5) is 40.0. The Labute approximate surface area is 174 Å². The molecule has 1 aliphatic heterocycles. The number of piperidine rings is 1. The molecule has 1 saturated heterocycles. The summed E-state index contributed by atoms with van der Waals surface area (Å²) < 4.78 is 0. The maximum Gasteiger partial charge on any atom is 0.223 e. The first-order chi connectivity index (χ1) is 13.9. The Hall–Kier alpha value is -1.39. The zero-order chi connectivity index (χ0) is 20.2. The van der Waals surface area contributed by atoms with E-state index in [1.54, 1.807) is 0 Å². The number of ketones is 1. The third kappa shape index (κ3) is 3.42. The quantitative estimate of drug-likeness (QED) is 0.711. The second kappa shape index (κ2) is 7.09. The summed E-state index contributed by atoms with van der Waals surface area (Å²) in [6, 6.07) is 0. The lowest BCUT2D eigenvalue weighted by Crippen LogP contribution is -2.56. The largest absolute Gasteiger partial charge is 0.369 e. The van der Waals surface area contributed by atoms with Gasteiger partial charge in [-0.3, -0.25) is 14.4 Å². The van der Waals surface area contributed by atoms with Crippen LogP contribution in [0.5, 0.6) is 0 Å². The number of carbonyl (C=O) groups is 3.